The highest BCUT2D eigenvalue weighted by molar-refractivity contribution is 6.31. The van der Waals surface area contributed by atoms with E-state index in [1.165, 1.54) is 12.1 Å². The summed E-state index contributed by atoms with van der Waals surface area (Å²) in [6.45, 7) is 0. The highest BCUT2D eigenvalue weighted by atomic mass is 35.5. The molecule has 0 unspecified atom stereocenters. The number of rotatable bonds is 1. The first-order valence-corrected chi connectivity index (χ1v) is 6.41. The quantitative estimate of drug-likeness (QED) is 0.737. The summed E-state index contributed by atoms with van der Waals surface area (Å²) >= 11 is 11.9. The predicted octanol–water partition coefficient (Wildman–Crippen LogP) is 4.08. The third kappa shape index (κ3) is 1.98. The first-order valence-electron chi connectivity index (χ1n) is 5.66. The van der Waals surface area contributed by atoms with Crippen molar-refractivity contribution < 1.29 is 4.39 Å². The van der Waals surface area contributed by atoms with Gasteiger partial charge in [0.15, 0.2) is 5.82 Å². The van der Waals surface area contributed by atoms with Gasteiger partial charge >= 0.3 is 0 Å². The van der Waals surface area contributed by atoms with Gasteiger partial charge in [0.05, 0.1) is 5.02 Å². The van der Waals surface area contributed by atoms with Crippen molar-refractivity contribution in [1.82, 2.24) is 9.97 Å². The maximum atomic E-state index is 13.1. The van der Waals surface area contributed by atoms with Gasteiger partial charge in [-0.3, -0.25) is 0 Å². The van der Waals surface area contributed by atoms with E-state index in [-0.39, 0.29) is 5.02 Å². The molecule has 0 aliphatic heterocycles. The number of hydrogen-bond donors (Lipinski definition) is 0. The summed E-state index contributed by atoms with van der Waals surface area (Å²) in [7, 11) is 0. The van der Waals surface area contributed by atoms with Crippen molar-refractivity contribution in [2.75, 3.05) is 0 Å². The topological polar surface area (TPSA) is 25.8 Å². The van der Waals surface area contributed by atoms with Gasteiger partial charge in [0.1, 0.15) is 11.0 Å². The van der Waals surface area contributed by atoms with Crippen LogP contribution in [0.15, 0.2) is 18.2 Å². The third-order valence-electron chi connectivity index (χ3n) is 3.06. The fourth-order valence-electron chi connectivity index (χ4n) is 2.15. The number of fused-ring (bicyclic) bond motifs is 1. The van der Waals surface area contributed by atoms with Crippen molar-refractivity contribution >= 4 is 23.2 Å². The van der Waals surface area contributed by atoms with E-state index in [9.17, 15) is 4.39 Å². The molecule has 2 nitrogen and oxygen atoms in total. The molecule has 0 saturated carbocycles. The van der Waals surface area contributed by atoms with Crippen molar-refractivity contribution in [2.45, 2.75) is 19.3 Å². The minimum absolute atomic E-state index is 0.0627. The number of nitrogens with zero attached hydrogens (tertiary/aromatic N) is 2. The van der Waals surface area contributed by atoms with Crippen molar-refractivity contribution in [1.29, 1.82) is 0 Å². The summed E-state index contributed by atoms with van der Waals surface area (Å²) in [5, 5.41) is 0.556. The lowest BCUT2D eigenvalue weighted by Gasteiger charge is -2.06. The lowest BCUT2D eigenvalue weighted by molar-refractivity contribution is 0.628. The van der Waals surface area contributed by atoms with E-state index in [2.05, 4.69) is 9.97 Å². The smallest absolute Gasteiger partial charge is 0.161 e. The molecule has 0 spiro atoms. The Labute approximate surface area is 114 Å². The molecular formula is C13H9Cl2FN2. The molecule has 18 heavy (non-hydrogen) atoms. The second kappa shape index (κ2) is 4.48. The summed E-state index contributed by atoms with van der Waals surface area (Å²) in [6, 6.07) is 4.43. The minimum Gasteiger partial charge on any atom is -0.233 e. The van der Waals surface area contributed by atoms with Crippen LogP contribution in [0, 0.1) is 5.82 Å². The fraction of sp³-hybridized carbons (Fsp3) is 0.231. The van der Waals surface area contributed by atoms with Gasteiger partial charge in [0.25, 0.3) is 0 Å². The number of aryl methyl sites for hydroxylation is 1. The van der Waals surface area contributed by atoms with Crippen LogP contribution in [0.4, 0.5) is 4.39 Å². The van der Waals surface area contributed by atoms with E-state index in [4.69, 9.17) is 23.2 Å². The van der Waals surface area contributed by atoms with Gasteiger partial charge in [-0.15, -0.1) is 0 Å². The maximum Gasteiger partial charge on any atom is 0.161 e. The number of halogens is 3. The molecule has 0 fully saturated rings. The zero-order chi connectivity index (χ0) is 12.7. The SMILES string of the molecule is Fc1ccc(-c2nc(Cl)c3c(n2)CCC3)cc1Cl. The lowest BCUT2D eigenvalue weighted by atomic mass is 10.2. The number of benzene rings is 1. The predicted molar refractivity (Wildman–Crippen MR) is 69.5 cm³/mol. The Balaban J connectivity index is 2.12. The van der Waals surface area contributed by atoms with Crippen molar-refractivity contribution in [3.05, 3.63) is 45.4 Å². The molecule has 0 saturated heterocycles. The Bertz CT molecular complexity index is 629. The molecule has 5 heteroatoms. The van der Waals surface area contributed by atoms with Crippen molar-refractivity contribution in [3.63, 3.8) is 0 Å². The summed E-state index contributed by atoms with van der Waals surface area (Å²) < 4.78 is 13.1. The van der Waals surface area contributed by atoms with Gasteiger partial charge in [0, 0.05) is 16.8 Å². The Morgan fingerprint density at radius 2 is 1.94 bits per heavy atom. The van der Waals surface area contributed by atoms with Crippen LogP contribution in [0.5, 0.6) is 0 Å². The average molecular weight is 283 g/mol. The van der Waals surface area contributed by atoms with Crippen LogP contribution in [0.2, 0.25) is 10.2 Å². The molecule has 0 bridgehead atoms. The van der Waals surface area contributed by atoms with Crippen LogP contribution in [-0.2, 0) is 12.8 Å². The van der Waals surface area contributed by atoms with Crippen LogP contribution in [0.25, 0.3) is 11.4 Å². The first kappa shape index (κ1) is 11.9. The van der Waals surface area contributed by atoms with Crippen LogP contribution in [0.1, 0.15) is 17.7 Å². The molecule has 3 rings (SSSR count). The van der Waals surface area contributed by atoms with E-state index >= 15 is 0 Å². The van der Waals surface area contributed by atoms with Crippen molar-refractivity contribution in [3.8, 4) is 11.4 Å². The molecule has 0 atom stereocenters. The summed E-state index contributed by atoms with van der Waals surface area (Å²) in [5.74, 6) is 0.0511. The molecule has 1 aromatic heterocycles. The molecular weight excluding hydrogens is 274 g/mol. The van der Waals surface area contributed by atoms with Gasteiger partial charge in [-0.2, -0.15) is 0 Å². The van der Waals surface area contributed by atoms with Crippen LogP contribution in [-0.4, -0.2) is 9.97 Å². The Kier molecular flexibility index (Phi) is 2.96. The number of aromatic nitrogens is 2. The lowest BCUT2D eigenvalue weighted by Crippen LogP contribution is -1.97. The van der Waals surface area contributed by atoms with Crippen LogP contribution < -0.4 is 0 Å². The van der Waals surface area contributed by atoms with Gasteiger partial charge in [-0.05, 0) is 37.5 Å². The Hall–Kier alpha value is -1.19. The molecule has 1 aromatic carbocycles. The molecule has 0 amide bonds. The normalized spacial score (nSPS) is 13.7. The average Bonchev–Trinajstić information content (AvgIpc) is 2.81. The van der Waals surface area contributed by atoms with E-state index in [1.54, 1.807) is 6.07 Å². The van der Waals surface area contributed by atoms with Gasteiger partial charge < -0.3 is 0 Å². The van der Waals surface area contributed by atoms with E-state index in [0.717, 1.165) is 30.5 Å². The second-order valence-corrected chi connectivity index (χ2v) is 5.01. The first-order chi connectivity index (χ1) is 8.65. The van der Waals surface area contributed by atoms with Crippen LogP contribution in [0.3, 0.4) is 0 Å². The molecule has 0 N–H and O–H groups in total. The van der Waals surface area contributed by atoms with Crippen molar-refractivity contribution in [2.24, 2.45) is 0 Å². The Morgan fingerprint density at radius 1 is 1.11 bits per heavy atom. The zero-order valence-electron chi connectivity index (χ0n) is 9.38. The largest absolute Gasteiger partial charge is 0.233 e. The molecule has 1 aliphatic rings. The van der Waals surface area contributed by atoms with E-state index in [0.29, 0.717) is 16.5 Å². The van der Waals surface area contributed by atoms with Gasteiger partial charge in [-0.25, -0.2) is 14.4 Å². The molecule has 92 valence electrons. The maximum absolute atomic E-state index is 13.1. The van der Waals surface area contributed by atoms with Gasteiger partial charge in [-0.1, -0.05) is 23.2 Å². The summed E-state index contributed by atoms with van der Waals surface area (Å²) in [6.07, 6.45) is 2.90. The molecule has 1 heterocycles. The third-order valence-corrected chi connectivity index (χ3v) is 3.66. The van der Waals surface area contributed by atoms with E-state index < -0.39 is 5.82 Å². The standard InChI is InChI=1S/C13H9Cl2FN2/c14-9-6-7(4-5-10(9)16)13-17-11-3-1-2-8(11)12(15)18-13/h4-6H,1-3H2. The van der Waals surface area contributed by atoms with E-state index in [1.807, 2.05) is 0 Å². The summed E-state index contributed by atoms with van der Waals surface area (Å²) in [5.41, 5.74) is 2.71. The molecule has 1 aliphatic carbocycles. The second-order valence-electron chi connectivity index (χ2n) is 4.25. The number of hydrogen-bond acceptors (Lipinski definition) is 2. The summed E-state index contributed by atoms with van der Waals surface area (Å²) in [4.78, 5) is 8.74. The van der Waals surface area contributed by atoms with Crippen LogP contribution >= 0.6 is 23.2 Å². The molecule has 2 aromatic rings. The molecule has 0 radical (unpaired) electrons. The monoisotopic (exact) mass is 282 g/mol. The zero-order valence-corrected chi connectivity index (χ0v) is 10.9. The Morgan fingerprint density at radius 3 is 2.72 bits per heavy atom. The highest BCUT2D eigenvalue weighted by Gasteiger charge is 2.19. The highest BCUT2D eigenvalue weighted by Crippen LogP contribution is 2.30. The fourth-order valence-corrected chi connectivity index (χ4v) is 2.62. The van der Waals surface area contributed by atoms with Gasteiger partial charge in [0.2, 0.25) is 0 Å². The minimum atomic E-state index is -0.451.